The minimum Gasteiger partial charge on any atom is -0.409 e. The van der Waals surface area contributed by atoms with E-state index < -0.39 is 0 Å². The maximum atomic E-state index is 8.84. The molecule has 0 aliphatic heterocycles. The molecule has 0 radical (unpaired) electrons. The van der Waals surface area contributed by atoms with Crippen LogP contribution in [0.2, 0.25) is 0 Å². The van der Waals surface area contributed by atoms with Crippen LogP contribution >= 0.6 is 0 Å². The molecule has 1 aromatic heterocycles. The SMILES string of the molecule is COC(C)(C)CCn1ccc2c(/C(N)=N/O)cccc21. The van der Waals surface area contributed by atoms with E-state index in [2.05, 4.69) is 23.6 Å². The Balaban J connectivity index is 2.34. The third kappa shape index (κ3) is 2.77. The molecule has 20 heavy (non-hydrogen) atoms. The van der Waals surface area contributed by atoms with Crippen molar-refractivity contribution in [1.82, 2.24) is 4.57 Å². The molecule has 0 spiro atoms. The smallest absolute Gasteiger partial charge is 0.170 e. The summed E-state index contributed by atoms with van der Waals surface area (Å²) in [4.78, 5) is 0. The highest BCUT2D eigenvalue weighted by Gasteiger charge is 2.17. The van der Waals surface area contributed by atoms with Crippen molar-refractivity contribution in [3.63, 3.8) is 0 Å². The molecular weight excluding hydrogens is 254 g/mol. The number of aryl methyl sites for hydroxylation is 1. The average molecular weight is 275 g/mol. The second-order valence-corrected chi connectivity index (χ2v) is 5.45. The summed E-state index contributed by atoms with van der Waals surface area (Å²) in [5, 5.41) is 12.9. The molecule has 5 heteroatoms. The first-order chi connectivity index (χ1) is 9.48. The van der Waals surface area contributed by atoms with E-state index in [4.69, 9.17) is 15.7 Å². The van der Waals surface area contributed by atoms with Gasteiger partial charge in [0.1, 0.15) is 0 Å². The van der Waals surface area contributed by atoms with Crippen LogP contribution in [0.25, 0.3) is 10.9 Å². The molecule has 2 rings (SSSR count). The van der Waals surface area contributed by atoms with Gasteiger partial charge in [-0.15, -0.1) is 0 Å². The molecule has 2 aromatic rings. The van der Waals surface area contributed by atoms with E-state index >= 15 is 0 Å². The van der Waals surface area contributed by atoms with E-state index in [1.54, 1.807) is 7.11 Å². The number of nitrogens with zero attached hydrogens (tertiary/aromatic N) is 2. The standard InChI is InChI=1S/C15H21N3O2/c1-15(2,20-3)8-10-18-9-7-11-12(14(16)17-19)5-4-6-13(11)18/h4-7,9,19H,8,10H2,1-3H3,(H2,16,17). The quantitative estimate of drug-likeness (QED) is 0.381. The zero-order valence-electron chi connectivity index (χ0n) is 12.1. The van der Waals surface area contributed by atoms with Crippen LogP contribution in [0.15, 0.2) is 35.6 Å². The summed E-state index contributed by atoms with van der Waals surface area (Å²) in [5.74, 6) is 0.130. The summed E-state index contributed by atoms with van der Waals surface area (Å²) in [6.45, 7) is 4.99. The molecule has 3 N–H and O–H groups in total. The fraction of sp³-hybridized carbons (Fsp3) is 0.400. The number of oxime groups is 1. The van der Waals surface area contributed by atoms with Crippen molar-refractivity contribution < 1.29 is 9.94 Å². The molecule has 1 heterocycles. The molecule has 0 aliphatic carbocycles. The minimum atomic E-state index is -0.153. The van der Waals surface area contributed by atoms with E-state index in [0.29, 0.717) is 0 Å². The monoisotopic (exact) mass is 275 g/mol. The number of hydrogen-bond acceptors (Lipinski definition) is 3. The van der Waals surface area contributed by atoms with Gasteiger partial charge in [-0.25, -0.2) is 0 Å². The van der Waals surface area contributed by atoms with Gasteiger partial charge in [0.05, 0.1) is 5.60 Å². The van der Waals surface area contributed by atoms with Crippen molar-refractivity contribution in [1.29, 1.82) is 0 Å². The van der Waals surface area contributed by atoms with Crippen molar-refractivity contribution in [3.05, 3.63) is 36.0 Å². The molecule has 0 atom stereocenters. The summed E-state index contributed by atoms with van der Waals surface area (Å²) in [5.41, 5.74) is 7.37. The first kappa shape index (κ1) is 14.4. The van der Waals surface area contributed by atoms with Crippen LogP contribution in [-0.4, -0.2) is 28.3 Å². The Labute approximate surface area is 118 Å². The average Bonchev–Trinajstić information content (AvgIpc) is 2.87. The van der Waals surface area contributed by atoms with Crippen molar-refractivity contribution in [2.75, 3.05) is 7.11 Å². The fourth-order valence-corrected chi connectivity index (χ4v) is 2.19. The molecule has 0 saturated heterocycles. The lowest BCUT2D eigenvalue weighted by molar-refractivity contribution is 0.0123. The highest BCUT2D eigenvalue weighted by atomic mass is 16.5. The normalized spacial score (nSPS) is 13.1. The number of hydrogen-bond donors (Lipinski definition) is 2. The van der Waals surface area contributed by atoms with E-state index in [9.17, 15) is 0 Å². The van der Waals surface area contributed by atoms with E-state index in [1.165, 1.54) is 0 Å². The van der Waals surface area contributed by atoms with Gasteiger partial charge >= 0.3 is 0 Å². The molecule has 108 valence electrons. The van der Waals surface area contributed by atoms with E-state index in [0.717, 1.165) is 29.4 Å². The van der Waals surface area contributed by atoms with Crippen LogP contribution < -0.4 is 5.73 Å². The first-order valence-corrected chi connectivity index (χ1v) is 6.59. The summed E-state index contributed by atoms with van der Waals surface area (Å²) in [7, 11) is 1.73. The molecule has 0 fully saturated rings. The van der Waals surface area contributed by atoms with Crippen LogP contribution in [0.5, 0.6) is 0 Å². The van der Waals surface area contributed by atoms with Gasteiger partial charge in [0.2, 0.25) is 0 Å². The Kier molecular flexibility index (Phi) is 3.99. The van der Waals surface area contributed by atoms with E-state index in [1.807, 2.05) is 30.5 Å². The fourth-order valence-electron chi connectivity index (χ4n) is 2.19. The number of nitrogens with two attached hydrogens (primary N) is 1. The second-order valence-electron chi connectivity index (χ2n) is 5.45. The molecular formula is C15H21N3O2. The van der Waals surface area contributed by atoms with Crippen LogP contribution in [-0.2, 0) is 11.3 Å². The minimum absolute atomic E-state index is 0.130. The number of benzene rings is 1. The Bertz CT molecular complexity index is 629. The lowest BCUT2D eigenvalue weighted by atomic mass is 10.1. The zero-order valence-corrected chi connectivity index (χ0v) is 12.1. The summed E-state index contributed by atoms with van der Waals surface area (Å²) < 4.78 is 7.60. The van der Waals surface area contributed by atoms with Gasteiger partial charge in [0.15, 0.2) is 5.84 Å². The molecule has 0 amide bonds. The maximum Gasteiger partial charge on any atom is 0.170 e. The van der Waals surface area contributed by atoms with Gasteiger partial charge in [0.25, 0.3) is 0 Å². The molecule has 0 bridgehead atoms. The maximum absolute atomic E-state index is 8.84. The molecule has 1 aromatic carbocycles. The number of methoxy groups -OCH3 is 1. The molecule has 0 unspecified atom stereocenters. The second kappa shape index (κ2) is 5.54. The first-order valence-electron chi connectivity index (χ1n) is 6.59. The van der Waals surface area contributed by atoms with Gasteiger partial charge in [0, 0.05) is 36.3 Å². The number of fused-ring (bicyclic) bond motifs is 1. The van der Waals surface area contributed by atoms with Crippen molar-refractivity contribution in [2.24, 2.45) is 10.9 Å². The Morgan fingerprint density at radius 3 is 2.80 bits per heavy atom. The number of ether oxygens (including phenoxy) is 1. The number of aromatic nitrogens is 1. The zero-order chi connectivity index (χ0) is 14.8. The third-order valence-electron chi connectivity index (χ3n) is 3.70. The predicted molar refractivity (Wildman–Crippen MR) is 80.2 cm³/mol. The van der Waals surface area contributed by atoms with Gasteiger partial charge in [-0.3, -0.25) is 0 Å². The van der Waals surface area contributed by atoms with Gasteiger partial charge in [-0.1, -0.05) is 17.3 Å². The van der Waals surface area contributed by atoms with Gasteiger partial charge in [-0.2, -0.15) is 0 Å². The lowest BCUT2D eigenvalue weighted by Gasteiger charge is -2.23. The third-order valence-corrected chi connectivity index (χ3v) is 3.70. The highest BCUT2D eigenvalue weighted by molar-refractivity contribution is 6.08. The Hall–Kier alpha value is -2.01. The lowest BCUT2D eigenvalue weighted by Crippen LogP contribution is -2.24. The number of amidine groups is 1. The largest absolute Gasteiger partial charge is 0.409 e. The topological polar surface area (TPSA) is 72.8 Å². The van der Waals surface area contributed by atoms with Crippen molar-refractivity contribution in [2.45, 2.75) is 32.4 Å². The van der Waals surface area contributed by atoms with Crippen molar-refractivity contribution >= 4 is 16.7 Å². The van der Waals surface area contributed by atoms with Crippen LogP contribution in [0.4, 0.5) is 0 Å². The van der Waals surface area contributed by atoms with Crippen LogP contribution in [0.3, 0.4) is 0 Å². The van der Waals surface area contributed by atoms with Gasteiger partial charge in [-0.05, 0) is 32.4 Å². The predicted octanol–water partition coefficient (Wildman–Crippen LogP) is 2.55. The highest BCUT2D eigenvalue weighted by Crippen LogP contribution is 2.22. The molecule has 0 saturated carbocycles. The molecule has 5 nitrogen and oxygen atoms in total. The number of rotatable bonds is 5. The molecule has 0 aliphatic rings. The summed E-state index contributed by atoms with van der Waals surface area (Å²) in [6.07, 6.45) is 2.92. The summed E-state index contributed by atoms with van der Waals surface area (Å²) in [6, 6.07) is 7.78. The van der Waals surface area contributed by atoms with Crippen molar-refractivity contribution in [3.8, 4) is 0 Å². The summed E-state index contributed by atoms with van der Waals surface area (Å²) >= 11 is 0. The van der Waals surface area contributed by atoms with Crippen LogP contribution in [0, 0.1) is 0 Å². The Morgan fingerprint density at radius 2 is 2.15 bits per heavy atom. The Morgan fingerprint density at radius 1 is 1.40 bits per heavy atom. The van der Waals surface area contributed by atoms with Gasteiger partial charge < -0.3 is 20.2 Å². The van der Waals surface area contributed by atoms with E-state index in [-0.39, 0.29) is 11.4 Å². The van der Waals surface area contributed by atoms with Crippen LogP contribution in [0.1, 0.15) is 25.8 Å².